The van der Waals surface area contributed by atoms with E-state index in [1.54, 1.807) is 0 Å². The van der Waals surface area contributed by atoms with E-state index in [4.69, 9.17) is 0 Å². The van der Waals surface area contributed by atoms with Gasteiger partial charge in [-0.1, -0.05) is 115 Å². The quantitative estimate of drug-likeness (QED) is 0.241. The minimum absolute atomic E-state index is 0. The van der Waals surface area contributed by atoms with Crippen LogP contribution in [-0.2, 0) is 0 Å². The van der Waals surface area contributed by atoms with Crippen molar-refractivity contribution in [1.82, 2.24) is 0 Å². The van der Waals surface area contributed by atoms with Crippen molar-refractivity contribution in [3.63, 3.8) is 0 Å². The van der Waals surface area contributed by atoms with Crippen molar-refractivity contribution in [2.75, 3.05) is 20.6 Å². The van der Waals surface area contributed by atoms with Gasteiger partial charge in [0.05, 0.1) is 20.6 Å². The van der Waals surface area contributed by atoms with Crippen molar-refractivity contribution >= 4 is 0 Å². The SMILES string of the molecule is CCCCCCCCCCCCCCC[N+](C)(C)C(CC)c1ccccc1.[Cl-]. The molecule has 0 aliphatic heterocycles. The van der Waals surface area contributed by atoms with Gasteiger partial charge in [0.2, 0.25) is 0 Å². The molecule has 1 aromatic rings. The van der Waals surface area contributed by atoms with E-state index in [9.17, 15) is 0 Å². The number of hydrogen-bond donors (Lipinski definition) is 0. The molecule has 0 heterocycles. The van der Waals surface area contributed by atoms with Crippen molar-refractivity contribution in [2.45, 2.75) is 110 Å². The van der Waals surface area contributed by atoms with Crippen molar-refractivity contribution in [3.05, 3.63) is 35.9 Å². The highest BCUT2D eigenvalue weighted by Crippen LogP contribution is 2.28. The Labute approximate surface area is 183 Å². The van der Waals surface area contributed by atoms with E-state index in [1.165, 1.54) is 102 Å². The summed E-state index contributed by atoms with van der Waals surface area (Å²) in [6.45, 7) is 5.93. The van der Waals surface area contributed by atoms with Gasteiger partial charge < -0.3 is 16.9 Å². The Hall–Kier alpha value is -0.530. The van der Waals surface area contributed by atoms with E-state index < -0.39 is 0 Å². The van der Waals surface area contributed by atoms with Gasteiger partial charge in [0.1, 0.15) is 6.04 Å². The molecule has 28 heavy (non-hydrogen) atoms. The number of benzene rings is 1. The zero-order chi connectivity index (χ0) is 19.8. The molecule has 0 amide bonds. The van der Waals surface area contributed by atoms with E-state index in [0.29, 0.717) is 6.04 Å². The molecule has 1 unspecified atom stereocenters. The second-order valence-electron chi connectivity index (χ2n) is 9.08. The van der Waals surface area contributed by atoms with E-state index in [1.807, 2.05) is 0 Å². The molecule has 0 bridgehead atoms. The average molecular weight is 410 g/mol. The highest BCUT2D eigenvalue weighted by molar-refractivity contribution is 5.17. The largest absolute Gasteiger partial charge is 1.00 e. The second kappa shape index (κ2) is 17.3. The molecule has 164 valence electrons. The topological polar surface area (TPSA) is 0 Å². The summed E-state index contributed by atoms with van der Waals surface area (Å²) < 4.78 is 1.12. The molecule has 1 nitrogen and oxygen atoms in total. The number of halogens is 1. The van der Waals surface area contributed by atoms with Crippen LogP contribution in [0.2, 0.25) is 0 Å². The fraction of sp³-hybridized carbons (Fsp3) is 0.769. The number of rotatable bonds is 17. The first-order valence-corrected chi connectivity index (χ1v) is 12.0. The Kier molecular flexibility index (Phi) is 17.0. The molecular formula is C26H48ClN. The summed E-state index contributed by atoms with van der Waals surface area (Å²) in [4.78, 5) is 0. The fourth-order valence-electron chi connectivity index (χ4n) is 4.50. The summed E-state index contributed by atoms with van der Waals surface area (Å²) in [5.74, 6) is 0. The molecule has 0 aromatic heterocycles. The number of hydrogen-bond acceptors (Lipinski definition) is 0. The van der Waals surface area contributed by atoms with Crippen LogP contribution in [0.1, 0.15) is 115 Å². The second-order valence-corrected chi connectivity index (χ2v) is 9.08. The third-order valence-corrected chi connectivity index (χ3v) is 6.25. The average Bonchev–Trinajstić information content (AvgIpc) is 2.66. The Morgan fingerprint density at radius 1 is 0.643 bits per heavy atom. The third kappa shape index (κ3) is 12.1. The van der Waals surface area contributed by atoms with Gasteiger partial charge in [0, 0.05) is 12.0 Å². The van der Waals surface area contributed by atoms with Gasteiger partial charge in [-0.15, -0.1) is 0 Å². The first-order chi connectivity index (χ1) is 13.1. The lowest BCUT2D eigenvalue weighted by molar-refractivity contribution is -0.921. The zero-order valence-electron chi connectivity index (χ0n) is 19.4. The van der Waals surface area contributed by atoms with Crippen molar-refractivity contribution in [3.8, 4) is 0 Å². The molecule has 2 heteroatoms. The molecule has 1 rings (SSSR count). The minimum Gasteiger partial charge on any atom is -1.00 e. The first kappa shape index (κ1) is 27.5. The predicted molar refractivity (Wildman–Crippen MR) is 122 cm³/mol. The maximum absolute atomic E-state index is 2.42. The summed E-state index contributed by atoms with van der Waals surface area (Å²) in [6.07, 6.45) is 19.9. The molecule has 0 spiro atoms. The van der Waals surface area contributed by atoms with Crippen LogP contribution in [0, 0.1) is 0 Å². The fourth-order valence-corrected chi connectivity index (χ4v) is 4.50. The van der Waals surface area contributed by atoms with Crippen LogP contribution in [0.4, 0.5) is 0 Å². The molecule has 0 radical (unpaired) electrons. The van der Waals surface area contributed by atoms with Crippen LogP contribution in [0.25, 0.3) is 0 Å². The van der Waals surface area contributed by atoms with Gasteiger partial charge in [-0.3, -0.25) is 0 Å². The van der Waals surface area contributed by atoms with E-state index in [2.05, 4.69) is 58.3 Å². The van der Waals surface area contributed by atoms with Crippen molar-refractivity contribution in [1.29, 1.82) is 0 Å². The molecule has 1 aromatic carbocycles. The minimum atomic E-state index is 0. The van der Waals surface area contributed by atoms with E-state index in [-0.39, 0.29) is 12.4 Å². The Balaban J connectivity index is 0.00000729. The summed E-state index contributed by atoms with van der Waals surface area (Å²) >= 11 is 0. The predicted octanol–water partition coefficient (Wildman–Crippen LogP) is 5.31. The summed E-state index contributed by atoms with van der Waals surface area (Å²) in [7, 11) is 4.84. The van der Waals surface area contributed by atoms with Gasteiger partial charge in [-0.25, -0.2) is 0 Å². The lowest BCUT2D eigenvalue weighted by atomic mass is 10.0. The van der Waals surface area contributed by atoms with Crippen LogP contribution in [0.3, 0.4) is 0 Å². The Morgan fingerprint density at radius 2 is 1.07 bits per heavy atom. The lowest BCUT2D eigenvalue weighted by Gasteiger charge is -2.38. The lowest BCUT2D eigenvalue weighted by Crippen LogP contribution is -3.00. The van der Waals surface area contributed by atoms with Gasteiger partial charge in [0.25, 0.3) is 0 Å². The summed E-state index contributed by atoms with van der Waals surface area (Å²) in [5, 5.41) is 0. The van der Waals surface area contributed by atoms with Crippen LogP contribution in [0.15, 0.2) is 30.3 Å². The number of unbranched alkanes of at least 4 members (excludes halogenated alkanes) is 12. The molecule has 0 fully saturated rings. The molecule has 0 aliphatic carbocycles. The maximum atomic E-state index is 2.42. The highest BCUT2D eigenvalue weighted by Gasteiger charge is 2.27. The van der Waals surface area contributed by atoms with Gasteiger partial charge in [0.15, 0.2) is 0 Å². The highest BCUT2D eigenvalue weighted by atomic mass is 35.5. The molecule has 0 aliphatic rings. The standard InChI is InChI=1S/C26H48N.ClH/c1-5-7-8-9-10-11-12-13-14-15-16-17-21-24-27(3,4)26(6-2)25-22-19-18-20-23-25;/h18-20,22-23,26H,5-17,21,24H2,1-4H3;1H/q+1;/p-1. The summed E-state index contributed by atoms with van der Waals surface area (Å²) in [5.41, 5.74) is 1.50. The maximum Gasteiger partial charge on any atom is 0.114 e. The molecular weight excluding hydrogens is 362 g/mol. The number of quaternary nitrogens is 1. The van der Waals surface area contributed by atoms with E-state index in [0.717, 1.165) is 4.48 Å². The zero-order valence-corrected chi connectivity index (χ0v) is 20.2. The molecule has 1 atom stereocenters. The van der Waals surface area contributed by atoms with Gasteiger partial charge in [-0.05, 0) is 12.8 Å². The Bertz CT molecular complexity index is 443. The van der Waals surface area contributed by atoms with Crippen LogP contribution >= 0.6 is 0 Å². The number of nitrogens with zero attached hydrogens (tertiary/aromatic N) is 1. The van der Waals surface area contributed by atoms with Crippen LogP contribution in [-0.4, -0.2) is 25.1 Å². The van der Waals surface area contributed by atoms with Gasteiger partial charge >= 0.3 is 0 Å². The van der Waals surface area contributed by atoms with E-state index >= 15 is 0 Å². The first-order valence-electron chi connectivity index (χ1n) is 12.0. The summed E-state index contributed by atoms with van der Waals surface area (Å²) in [6, 6.07) is 11.7. The smallest absolute Gasteiger partial charge is 0.114 e. The van der Waals surface area contributed by atoms with Crippen molar-refractivity contribution < 1.29 is 16.9 Å². The van der Waals surface area contributed by atoms with Crippen LogP contribution < -0.4 is 12.4 Å². The normalized spacial score (nSPS) is 12.6. The van der Waals surface area contributed by atoms with Crippen molar-refractivity contribution in [2.24, 2.45) is 0 Å². The van der Waals surface area contributed by atoms with Gasteiger partial charge in [-0.2, -0.15) is 0 Å². The Morgan fingerprint density at radius 3 is 1.50 bits per heavy atom. The monoisotopic (exact) mass is 409 g/mol. The molecule has 0 saturated heterocycles. The third-order valence-electron chi connectivity index (χ3n) is 6.25. The molecule has 0 saturated carbocycles. The van der Waals surface area contributed by atoms with Crippen LogP contribution in [0.5, 0.6) is 0 Å². The molecule has 0 N–H and O–H groups in total.